The number of para-hydroxylation sites is 1. The number of ether oxygens (including phenoxy) is 2. The van der Waals surface area contributed by atoms with Crippen LogP contribution in [0.25, 0.3) is 0 Å². The Morgan fingerprint density at radius 2 is 1.76 bits per heavy atom. The van der Waals surface area contributed by atoms with Gasteiger partial charge in [0, 0.05) is 0 Å². The fourth-order valence-corrected chi connectivity index (χ4v) is 2.90. The highest BCUT2D eigenvalue weighted by Crippen LogP contribution is 2.15. The number of hydrogen-bond acceptors (Lipinski definition) is 5. The minimum absolute atomic E-state index is 0.00849. The van der Waals surface area contributed by atoms with Crippen molar-refractivity contribution >= 4 is 16.0 Å². The molecule has 0 amide bonds. The van der Waals surface area contributed by atoms with E-state index in [9.17, 15) is 17.6 Å². The summed E-state index contributed by atoms with van der Waals surface area (Å²) < 4.78 is 49.1. The van der Waals surface area contributed by atoms with Crippen molar-refractivity contribution in [2.24, 2.45) is 0 Å². The molecular formula is C17H18FNO5S. The van der Waals surface area contributed by atoms with Crippen LogP contribution in [-0.4, -0.2) is 34.1 Å². The number of benzene rings is 2. The summed E-state index contributed by atoms with van der Waals surface area (Å²) in [5, 5.41) is 0. The number of aryl methyl sites for hydroxylation is 1. The van der Waals surface area contributed by atoms with Crippen LogP contribution in [0.1, 0.15) is 5.56 Å². The zero-order valence-electron chi connectivity index (χ0n) is 13.6. The third-order valence-electron chi connectivity index (χ3n) is 3.23. The van der Waals surface area contributed by atoms with Crippen molar-refractivity contribution in [2.45, 2.75) is 11.8 Å². The maximum Gasteiger partial charge on any atom is 0.321 e. The van der Waals surface area contributed by atoms with E-state index in [0.717, 1.165) is 29.8 Å². The average molecular weight is 367 g/mol. The lowest BCUT2D eigenvalue weighted by atomic mass is 10.2. The van der Waals surface area contributed by atoms with Gasteiger partial charge in [-0.2, -0.15) is 4.72 Å². The van der Waals surface area contributed by atoms with Gasteiger partial charge in [-0.1, -0.05) is 18.2 Å². The van der Waals surface area contributed by atoms with Gasteiger partial charge in [0.25, 0.3) is 0 Å². The highest BCUT2D eigenvalue weighted by molar-refractivity contribution is 7.89. The Kier molecular flexibility index (Phi) is 6.49. The summed E-state index contributed by atoms with van der Waals surface area (Å²) >= 11 is 0. The molecule has 2 aromatic carbocycles. The number of sulfonamides is 1. The van der Waals surface area contributed by atoms with Gasteiger partial charge in [-0.3, -0.25) is 4.79 Å². The number of esters is 1. The first-order valence-corrected chi connectivity index (χ1v) is 8.96. The molecule has 0 saturated carbocycles. The number of halogens is 1. The van der Waals surface area contributed by atoms with E-state index in [-0.39, 0.29) is 18.1 Å². The number of carbonyl (C=O) groups is 1. The van der Waals surface area contributed by atoms with Crippen molar-refractivity contribution in [3.05, 3.63) is 59.9 Å². The monoisotopic (exact) mass is 367 g/mol. The molecule has 0 aliphatic heterocycles. The smallest absolute Gasteiger partial charge is 0.321 e. The first-order valence-electron chi connectivity index (χ1n) is 7.48. The molecule has 6 nitrogen and oxygen atoms in total. The lowest BCUT2D eigenvalue weighted by Crippen LogP contribution is -2.31. The largest absolute Gasteiger partial charge is 0.490 e. The highest BCUT2D eigenvalue weighted by Gasteiger charge is 2.16. The summed E-state index contributed by atoms with van der Waals surface area (Å²) in [5.41, 5.74) is 0.959. The van der Waals surface area contributed by atoms with Crippen LogP contribution in [0.3, 0.4) is 0 Å². The van der Waals surface area contributed by atoms with Crippen LogP contribution in [0.4, 0.5) is 4.39 Å². The summed E-state index contributed by atoms with van der Waals surface area (Å²) in [6, 6.07) is 11.7. The molecule has 0 aliphatic rings. The fraction of sp³-hybridized carbons (Fsp3) is 0.235. The van der Waals surface area contributed by atoms with E-state index in [4.69, 9.17) is 9.47 Å². The molecule has 25 heavy (non-hydrogen) atoms. The predicted molar refractivity (Wildman–Crippen MR) is 89.2 cm³/mol. The Labute approximate surface area is 145 Å². The van der Waals surface area contributed by atoms with Crippen LogP contribution in [0.2, 0.25) is 0 Å². The molecule has 0 aliphatic carbocycles. The van der Waals surface area contributed by atoms with Crippen molar-refractivity contribution in [1.29, 1.82) is 0 Å². The van der Waals surface area contributed by atoms with Crippen molar-refractivity contribution in [2.75, 3.05) is 19.8 Å². The molecule has 0 aromatic heterocycles. The van der Waals surface area contributed by atoms with E-state index in [2.05, 4.69) is 4.72 Å². The lowest BCUT2D eigenvalue weighted by Gasteiger charge is -2.10. The van der Waals surface area contributed by atoms with E-state index in [1.807, 2.05) is 25.1 Å². The highest BCUT2D eigenvalue weighted by atomic mass is 32.2. The Hall–Kier alpha value is -2.45. The van der Waals surface area contributed by atoms with Crippen molar-refractivity contribution in [1.82, 2.24) is 4.72 Å². The number of rotatable bonds is 8. The van der Waals surface area contributed by atoms with Crippen molar-refractivity contribution in [3.63, 3.8) is 0 Å². The molecule has 0 atom stereocenters. The van der Waals surface area contributed by atoms with Crippen LogP contribution in [0.15, 0.2) is 53.4 Å². The zero-order valence-corrected chi connectivity index (χ0v) is 14.4. The van der Waals surface area contributed by atoms with Gasteiger partial charge >= 0.3 is 5.97 Å². The van der Waals surface area contributed by atoms with Gasteiger partial charge in [-0.15, -0.1) is 0 Å². The number of carbonyl (C=O) groups excluding carboxylic acids is 1. The summed E-state index contributed by atoms with van der Waals surface area (Å²) in [6.45, 7) is 1.52. The predicted octanol–water partition coefficient (Wildman–Crippen LogP) is 2.03. The molecule has 0 bridgehead atoms. The molecule has 0 spiro atoms. The molecule has 0 heterocycles. The topological polar surface area (TPSA) is 81.7 Å². The Bertz CT molecular complexity index is 821. The van der Waals surface area contributed by atoms with Crippen LogP contribution >= 0.6 is 0 Å². The summed E-state index contributed by atoms with van der Waals surface area (Å²) in [5.74, 6) is -0.596. The summed E-state index contributed by atoms with van der Waals surface area (Å²) in [4.78, 5) is 11.5. The van der Waals surface area contributed by atoms with Crippen molar-refractivity contribution in [3.8, 4) is 5.75 Å². The van der Waals surface area contributed by atoms with Gasteiger partial charge < -0.3 is 9.47 Å². The molecule has 0 fully saturated rings. The van der Waals surface area contributed by atoms with Crippen LogP contribution in [-0.2, 0) is 19.6 Å². The molecule has 134 valence electrons. The van der Waals surface area contributed by atoms with Gasteiger partial charge in [0.2, 0.25) is 10.0 Å². The van der Waals surface area contributed by atoms with Crippen molar-refractivity contribution < 1.29 is 27.1 Å². The average Bonchev–Trinajstić information content (AvgIpc) is 2.59. The Morgan fingerprint density at radius 1 is 1.08 bits per heavy atom. The van der Waals surface area contributed by atoms with Gasteiger partial charge in [0.05, 0.1) is 4.90 Å². The second kappa shape index (κ2) is 8.59. The van der Waals surface area contributed by atoms with E-state index in [1.54, 1.807) is 6.07 Å². The minimum Gasteiger partial charge on any atom is -0.490 e. The first-order chi connectivity index (χ1) is 11.9. The standard InChI is InChI=1S/C17H18FNO5S/c1-13-4-2-3-5-16(13)23-10-11-24-17(20)12-19-25(21,22)15-8-6-14(18)7-9-15/h2-9,19H,10-12H2,1H3. The quantitative estimate of drug-likeness (QED) is 0.570. The van der Waals surface area contributed by atoms with E-state index >= 15 is 0 Å². The van der Waals surface area contributed by atoms with Crippen LogP contribution in [0.5, 0.6) is 5.75 Å². The molecule has 1 N–H and O–H groups in total. The maximum atomic E-state index is 12.8. The zero-order chi connectivity index (χ0) is 18.3. The lowest BCUT2D eigenvalue weighted by molar-refractivity contribution is -0.142. The van der Waals surface area contributed by atoms with Gasteiger partial charge in [0.15, 0.2) is 0 Å². The first kappa shape index (κ1) is 18.9. The summed E-state index contributed by atoms with van der Waals surface area (Å²) in [6.07, 6.45) is 0. The van der Waals surface area contributed by atoms with Crippen LogP contribution < -0.4 is 9.46 Å². The summed E-state index contributed by atoms with van der Waals surface area (Å²) in [7, 11) is -3.90. The molecule has 2 rings (SSSR count). The fourth-order valence-electron chi connectivity index (χ4n) is 1.93. The van der Waals surface area contributed by atoms with Gasteiger partial charge in [0.1, 0.15) is 31.3 Å². The normalized spacial score (nSPS) is 11.1. The van der Waals surface area contributed by atoms with Gasteiger partial charge in [-0.25, -0.2) is 12.8 Å². The molecule has 8 heteroatoms. The molecular weight excluding hydrogens is 349 g/mol. The van der Waals surface area contributed by atoms with E-state index in [1.165, 1.54) is 0 Å². The van der Waals surface area contributed by atoms with E-state index < -0.39 is 28.4 Å². The molecule has 0 radical (unpaired) electrons. The van der Waals surface area contributed by atoms with Gasteiger partial charge in [-0.05, 0) is 42.8 Å². The third kappa shape index (κ3) is 5.84. The Balaban J connectivity index is 1.73. The van der Waals surface area contributed by atoms with E-state index in [0.29, 0.717) is 5.75 Å². The second-order valence-corrected chi connectivity index (χ2v) is 6.88. The molecule has 2 aromatic rings. The van der Waals surface area contributed by atoms with Crippen LogP contribution in [0, 0.1) is 12.7 Å². The molecule has 0 unspecified atom stereocenters. The number of hydrogen-bond donors (Lipinski definition) is 1. The molecule has 0 saturated heterocycles. The number of nitrogens with one attached hydrogen (secondary N) is 1. The third-order valence-corrected chi connectivity index (χ3v) is 4.65. The SMILES string of the molecule is Cc1ccccc1OCCOC(=O)CNS(=O)(=O)c1ccc(F)cc1. The minimum atomic E-state index is -3.90. The Morgan fingerprint density at radius 3 is 2.44 bits per heavy atom. The maximum absolute atomic E-state index is 12.8. The second-order valence-electron chi connectivity index (χ2n) is 5.11.